The van der Waals surface area contributed by atoms with Crippen LogP contribution in [-0.2, 0) is 11.3 Å². The summed E-state index contributed by atoms with van der Waals surface area (Å²) in [6.45, 7) is 1.79. The largest absolute Gasteiger partial charge is 0.344 e. The van der Waals surface area contributed by atoms with Crippen LogP contribution in [0.4, 0.5) is 10.5 Å². The summed E-state index contributed by atoms with van der Waals surface area (Å²) in [5.41, 5.74) is 1.68. The molecule has 1 aliphatic heterocycles. The second-order valence-electron chi connectivity index (χ2n) is 5.21. The highest BCUT2D eigenvalue weighted by Crippen LogP contribution is 2.16. The van der Waals surface area contributed by atoms with Crippen molar-refractivity contribution in [2.24, 2.45) is 0 Å². The molecule has 0 saturated carbocycles. The molecule has 0 bridgehead atoms. The van der Waals surface area contributed by atoms with Crippen LogP contribution in [0.25, 0.3) is 0 Å². The Morgan fingerprint density at radius 2 is 2.17 bits per heavy atom. The Morgan fingerprint density at radius 3 is 2.83 bits per heavy atom. The first kappa shape index (κ1) is 15.6. The monoisotopic (exact) mass is 323 g/mol. The van der Waals surface area contributed by atoms with Gasteiger partial charge in [-0.2, -0.15) is 5.10 Å². The van der Waals surface area contributed by atoms with E-state index in [0.29, 0.717) is 13.1 Å². The molecule has 0 unspecified atom stereocenters. The SMILES string of the molecule is O=C(Cn1cccn1)NCC#Cc1ccc(N2CCNC2=O)cc1. The Kier molecular flexibility index (Phi) is 4.77. The normalized spacial score (nSPS) is 13.2. The third kappa shape index (κ3) is 3.93. The molecule has 1 aromatic heterocycles. The number of hydrogen-bond acceptors (Lipinski definition) is 3. The highest BCUT2D eigenvalue weighted by atomic mass is 16.2. The summed E-state index contributed by atoms with van der Waals surface area (Å²) in [6.07, 6.45) is 3.36. The number of aromatic nitrogens is 2. The molecule has 122 valence electrons. The number of nitrogens with one attached hydrogen (secondary N) is 2. The number of urea groups is 1. The molecular weight excluding hydrogens is 306 g/mol. The van der Waals surface area contributed by atoms with Gasteiger partial charge in [-0.15, -0.1) is 0 Å². The summed E-state index contributed by atoms with van der Waals surface area (Å²) >= 11 is 0. The molecule has 0 radical (unpaired) electrons. The van der Waals surface area contributed by atoms with Gasteiger partial charge in [0.15, 0.2) is 0 Å². The molecule has 3 amide bonds. The van der Waals surface area contributed by atoms with Crippen LogP contribution in [0.1, 0.15) is 5.56 Å². The van der Waals surface area contributed by atoms with Crippen molar-refractivity contribution in [3.63, 3.8) is 0 Å². The van der Waals surface area contributed by atoms with Gasteiger partial charge in [0, 0.05) is 36.7 Å². The van der Waals surface area contributed by atoms with Gasteiger partial charge in [-0.3, -0.25) is 14.4 Å². The van der Waals surface area contributed by atoms with Crippen molar-refractivity contribution in [1.82, 2.24) is 20.4 Å². The Balaban J connectivity index is 1.49. The standard InChI is InChI=1S/C17H17N5O2/c23-16(13-21-11-2-9-20-21)18-8-1-3-14-4-6-15(7-5-14)22-12-10-19-17(22)24/h2,4-7,9,11H,8,10,12-13H2,(H,18,23)(H,19,24). The maximum atomic E-state index is 11.7. The first-order valence-electron chi connectivity index (χ1n) is 7.61. The quantitative estimate of drug-likeness (QED) is 0.808. The smallest absolute Gasteiger partial charge is 0.321 e. The molecule has 1 aromatic carbocycles. The van der Waals surface area contributed by atoms with Crippen molar-refractivity contribution in [2.75, 3.05) is 24.5 Å². The van der Waals surface area contributed by atoms with E-state index in [0.717, 1.165) is 11.3 Å². The molecule has 2 N–H and O–H groups in total. The van der Waals surface area contributed by atoms with Gasteiger partial charge >= 0.3 is 6.03 Å². The molecule has 1 aliphatic rings. The summed E-state index contributed by atoms with van der Waals surface area (Å²) in [4.78, 5) is 24.9. The average molecular weight is 323 g/mol. The lowest BCUT2D eigenvalue weighted by molar-refractivity contribution is -0.121. The fraction of sp³-hybridized carbons (Fsp3) is 0.235. The fourth-order valence-corrected chi connectivity index (χ4v) is 2.33. The maximum absolute atomic E-state index is 11.7. The third-order valence-corrected chi connectivity index (χ3v) is 3.51. The molecule has 24 heavy (non-hydrogen) atoms. The number of rotatable bonds is 4. The van der Waals surface area contributed by atoms with Crippen molar-refractivity contribution >= 4 is 17.6 Å². The predicted molar refractivity (Wildman–Crippen MR) is 89.3 cm³/mol. The molecule has 0 aliphatic carbocycles. The molecule has 7 nitrogen and oxygen atoms in total. The minimum atomic E-state index is -0.136. The lowest BCUT2D eigenvalue weighted by Gasteiger charge is -2.13. The van der Waals surface area contributed by atoms with Crippen molar-refractivity contribution in [3.8, 4) is 11.8 Å². The summed E-state index contributed by atoms with van der Waals surface area (Å²) in [5.74, 6) is 5.75. The molecule has 2 aromatic rings. The topological polar surface area (TPSA) is 79.3 Å². The van der Waals surface area contributed by atoms with Gasteiger partial charge in [0.05, 0.1) is 6.54 Å². The van der Waals surface area contributed by atoms with Crippen molar-refractivity contribution in [3.05, 3.63) is 48.3 Å². The van der Waals surface area contributed by atoms with E-state index in [9.17, 15) is 9.59 Å². The lowest BCUT2D eigenvalue weighted by atomic mass is 10.2. The van der Waals surface area contributed by atoms with Crippen LogP contribution in [0.15, 0.2) is 42.7 Å². The van der Waals surface area contributed by atoms with E-state index < -0.39 is 0 Å². The van der Waals surface area contributed by atoms with Gasteiger partial charge in [0.25, 0.3) is 0 Å². The lowest BCUT2D eigenvalue weighted by Crippen LogP contribution is -2.28. The molecule has 3 rings (SSSR count). The van der Waals surface area contributed by atoms with E-state index in [-0.39, 0.29) is 25.0 Å². The number of carbonyl (C=O) groups excluding carboxylic acids is 2. The van der Waals surface area contributed by atoms with Gasteiger partial charge < -0.3 is 10.6 Å². The third-order valence-electron chi connectivity index (χ3n) is 3.51. The van der Waals surface area contributed by atoms with Crippen LogP contribution in [0.5, 0.6) is 0 Å². The Bertz CT molecular complexity index is 772. The zero-order valence-corrected chi connectivity index (χ0v) is 13.0. The fourth-order valence-electron chi connectivity index (χ4n) is 2.33. The molecule has 2 heterocycles. The highest BCUT2D eigenvalue weighted by molar-refractivity contribution is 5.94. The van der Waals surface area contributed by atoms with Crippen LogP contribution < -0.4 is 15.5 Å². The Hall–Kier alpha value is -3.27. The minimum absolute atomic E-state index is 0.0753. The number of amides is 3. The molecule has 0 spiro atoms. The van der Waals surface area contributed by atoms with Gasteiger partial charge in [-0.1, -0.05) is 11.8 Å². The zero-order valence-electron chi connectivity index (χ0n) is 13.0. The number of carbonyl (C=O) groups is 2. The number of anilines is 1. The Labute approximate surface area is 139 Å². The molecule has 0 atom stereocenters. The van der Waals surface area contributed by atoms with E-state index >= 15 is 0 Å². The van der Waals surface area contributed by atoms with E-state index in [1.165, 1.54) is 0 Å². The molecule has 1 saturated heterocycles. The van der Waals surface area contributed by atoms with Crippen LogP contribution in [-0.4, -0.2) is 41.4 Å². The van der Waals surface area contributed by atoms with Crippen molar-refractivity contribution in [2.45, 2.75) is 6.54 Å². The van der Waals surface area contributed by atoms with Crippen molar-refractivity contribution < 1.29 is 9.59 Å². The zero-order chi connectivity index (χ0) is 16.8. The second-order valence-corrected chi connectivity index (χ2v) is 5.21. The molecule has 1 fully saturated rings. The van der Waals surface area contributed by atoms with E-state index in [1.807, 2.05) is 24.3 Å². The first-order chi connectivity index (χ1) is 11.7. The summed E-state index contributed by atoms with van der Waals surface area (Å²) < 4.78 is 1.55. The van der Waals surface area contributed by atoms with Gasteiger partial charge in [0.2, 0.25) is 5.91 Å². The molecular formula is C17H17N5O2. The Morgan fingerprint density at radius 1 is 1.33 bits per heavy atom. The summed E-state index contributed by atoms with van der Waals surface area (Å²) in [5, 5.41) is 9.45. The van der Waals surface area contributed by atoms with Crippen LogP contribution in [0.3, 0.4) is 0 Å². The van der Waals surface area contributed by atoms with Gasteiger partial charge in [0.1, 0.15) is 6.54 Å². The van der Waals surface area contributed by atoms with E-state index in [4.69, 9.17) is 0 Å². The van der Waals surface area contributed by atoms with Crippen molar-refractivity contribution in [1.29, 1.82) is 0 Å². The number of hydrogen-bond donors (Lipinski definition) is 2. The summed E-state index contributed by atoms with van der Waals surface area (Å²) in [6, 6.07) is 9.14. The molecule has 7 heteroatoms. The first-order valence-corrected chi connectivity index (χ1v) is 7.61. The van der Waals surface area contributed by atoms with E-state index in [2.05, 4.69) is 27.6 Å². The predicted octanol–water partition coefficient (Wildman–Crippen LogP) is 0.581. The average Bonchev–Trinajstić information content (AvgIpc) is 3.24. The number of benzene rings is 1. The second kappa shape index (κ2) is 7.33. The summed E-state index contributed by atoms with van der Waals surface area (Å²) in [7, 11) is 0. The van der Waals surface area contributed by atoms with Crippen LogP contribution in [0.2, 0.25) is 0 Å². The van der Waals surface area contributed by atoms with Gasteiger partial charge in [-0.25, -0.2) is 4.79 Å². The minimum Gasteiger partial charge on any atom is -0.344 e. The number of nitrogens with zero attached hydrogens (tertiary/aromatic N) is 3. The van der Waals surface area contributed by atoms with Gasteiger partial charge in [-0.05, 0) is 30.3 Å². The maximum Gasteiger partial charge on any atom is 0.321 e. The highest BCUT2D eigenvalue weighted by Gasteiger charge is 2.20. The van der Waals surface area contributed by atoms with E-state index in [1.54, 1.807) is 28.0 Å². The van der Waals surface area contributed by atoms with Crippen LogP contribution >= 0.6 is 0 Å². The van der Waals surface area contributed by atoms with Crippen LogP contribution in [0, 0.1) is 11.8 Å².